The lowest BCUT2D eigenvalue weighted by molar-refractivity contribution is 0.575. The highest BCUT2D eigenvalue weighted by Gasteiger charge is 2.33. The Kier molecular flexibility index (Phi) is 10.9. The van der Waals surface area contributed by atoms with Gasteiger partial charge in [0.25, 0.3) is 0 Å². The number of nitrogens with zero attached hydrogens (tertiary/aromatic N) is 3. The van der Waals surface area contributed by atoms with Crippen molar-refractivity contribution in [2.75, 3.05) is 37.0 Å². The molecule has 9 heteroatoms. The molecule has 0 saturated carbocycles. The summed E-state index contributed by atoms with van der Waals surface area (Å²) in [7, 11) is -8.10. The Labute approximate surface area is 199 Å². The van der Waals surface area contributed by atoms with E-state index >= 15 is 0 Å². The van der Waals surface area contributed by atoms with E-state index in [0.717, 1.165) is 0 Å². The molecule has 0 unspecified atom stereocenters. The van der Waals surface area contributed by atoms with Crippen molar-refractivity contribution in [3.63, 3.8) is 0 Å². The minimum absolute atomic E-state index is 0.0720. The Balaban J connectivity index is 4.22. The highest BCUT2D eigenvalue weighted by Crippen LogP contribution is 2.55. The number of benzene rings is 1. The average Bonchev–Trinajstić information content (AvgIpc) is 2.84. The van der Waals surface area contributed by atoms with Gasteiger partial charge in [0.15, 0.2) is 0 Å². The number of rotatable bonds is 12. The van der Waals surface area contributed by atoms with Crippen LogP contribution in [-0.2, 0) is 32.2 Å². The van der Waals surface area contributed by atoms with Gasteiger partial charge in [-0.3, -0.25) is 0 Å². The van der Waals surface area contributed by atoms with Crippen LogP contribution < -0.4 is 0 Å². The maximum atomic E-state index is 13.4. The van der Waals surface area contributed by atoms with E-state index in [1.165, 1.54) is 0 Å². The van der Waals surface area contributed by atoms with Crippen LogP contribution in [0.25, 0.3) is 0 Å². The zero-order chi connectivity index (χ0) is 25.4. The fourth-order valence-corrected chi connectivity index (χ4v) is 9.37. The SMILES string of the molecule is CCP(=O)(CC)Cc1c(C#N)c(CP(=O)(CC)CC)c(C#N)c(CP(=O)(CC)CC)c1C#N. The topological polar surface area (TPSA) is 123 Å². The van der Waals surface area contributed by atoms with Crippen molar-refractivity contribution >= 4 is 21.4 Å². The molecule has 1 aromatic carbocycles. The van der Waals surface area contributed by atoms with Gasteiger partial charge in [-0.05, 0) is 53.7 Å². The first-order valence-electron chi connectivity index (χ1n) is 11.6. The van der Waals surface area contributed by atoms with Crippen molar-refractivity contribution in [3.8, 4) is 18.2 Å². The van der Waals surface area contributed by atoms with Crippen molar-refractivity contribution in [2.24, 2.45) is 0 Å². The van der Waals surface area contributed by atoms with Crippen molar-refractivity contribution < 1.29 is 13.7 Å². The second-order valence-corrected chi connectivity index (χ2v) is 19.5. The summed E-state index contributed by atoms with van der Waals surface area (Å²) in [4.78, 5) is 0. The average molecular weight is 507 g/mol. The number of hydrogen-bond donors (Lipinski definition) is 0. The molecule has 0 atom stereocenters. The lowest BCUT2D eigenvalue weighted by Crippen LogP contribution is -2.12. The van der Waals surface area contributed by atoms with Gasteiger partial charge < -0.3 is 13.7 Å². The second kappa shape index (κ2) is 12.2. The van der Waals surface area contributed by atoms with Gasteiger partial charge in [0.05, 0.1) is 56.3 Å². The van der Waals surface area contributed by atoms with E-state index in [2.05, 4.69) is 18.2 Å². The van der Waals surface area contributed by atoms with Gasteiger partial charge in [0.2, 0.25) is 0 Å². The number of hydrogen-bond acceptors (Lipinski definition) is 6. The summed E-state index contributed by atoms with van der Waals surface area (Å²) in [6, 6.07) is 6.48. The van der Waals surface area contributed by atoms with Gasteiger partial charge in [0.1, 0.15) is 0 Å². The molecule has 0 N–H and O–H groups in total. The van der Waals surface area contributed by atoms with Gasteiger partial charge in [0, 0.05) is 18.5 Å². The summed E-state index contributed by atoms with van der Waals surface area (Å²) < 4.78 is 40.3. The van der Waals surface area contributed by atoms with Gasteiger partial charge in [-0.15, -0.1) is 0 Å². The third-order valence-electron chi connectivity index (χ3n) is 6.94. The lowest BCUT2D eigenvalue weighted by atomic mass is 9.89. The maximum absolute atomic E-state index is 13.4. The molecule has 0 heterocycles. The molecule has 0 amide bonds. The Morgan fingerprint density at radius 2 is 0.667 bits per heavy atom. The Morgan fingerprint density at radius 3 is 0.788 bits per heavy atom. The fourth-order valence-electron chi connectivity index (χ4n) is 4.01. The van der Waals surface area contributed by atoms with Crippen LogP contribution in [0.2, 0.25) is 0 Å². The Bertz CT molecular complexity index is 965. The molecule has 0 aliphatic rings. The molecule has 180 valence electrons. The molecule has 6 nitrogen and oxygen atoms in total. The van der Waals surface area contributed by atoms with Crippen LogP contribution in [0.1, 0.15) is 74.9 Å². The zero-order valence-electron chi connectivity index (χ0n) is 20.8. The van der Waals surface area contributed by atoms with E-state index in [9.17, 15) is 29.5 Å². The monoisotopic (exact) mass is 507 g/mol. The van der Waals surface area contributed by atoms with Crippen molar-refractivity contribution in [1.29, 1.82) is 15.8 Å². The fraction of sp³-hybridized carbons (Fsp3) is 0.625. The smallest absolute Gasteiger partial charge is 0.0998 e. The van der Waals surface area contributed by atoms with Crippen LogP contribution in [0.4, 0.5) is 0 Å². The summed E-state index contributed by atoms with van der Waals surface area (Å²) in [6.07, 6.45) is 2.77. The van der Waals surface area contributed by atoms with Crippen molar-refractivity contribution in [1.82, 2.24) is 0 Å². The largest absolute Gasteiger partial charge is 0.323 e. The van der Waals surface area contributed by atoms with Crippen LogP contribution in [0, 0.1) is 34.0 Å². The van der Waals surface area contributed by atoms with E-state index in [1.54, 1.807) is 0 Å². The Morgan fingerprint density at radius 1 is 0.485 bits per heavy atom. The Hall–Kier alpha value is -1.62. The van der Waals surface area contributed by atoms with Gasteiger partial charge >= 0.3 is 0 Å². The van der Waals surface area contributed by atoms with Crippen molar-refractivity contribution in [3.05, 3.63) is 33.4 Å². The first-order valence-corrected chi connectivity index (χ1v) is 18.4. The number of nitriles is 3. The lowest BCUT2D eigenvalue weighted by Gasteiger charge is -2.25. The summed E-state index contributed by atoms with van der Waals surface area (Å²) in [6.45, 7) is 11.0. The summed E-state index contributed by atoms with van der Waals surface area (Å²) in [5, 5.41) is 30.4. The van der Waals surface area contributed by atoms with E-state index in [4.69, 9.17) is 0 Å². The molecule has 1 rings (SSSR count). The molecule has 0 spiro atoms. The van der Waals surface area contributed by atoms with Crippen LogP contribution in [0.5, 0.6) is 0 Å². The minimum atomic E-state index is -2.70. The third kappa shape index (κ3) is 6.49. The molecule has 0 fully saturated rings. The molecule has 33 heavy (non-hydrogen) atoms. The summed E-state index contributed by atoms with van der Waals surface area (Å²) >= 11 is 0. The maximum Gasteiger partial charge on any atom is 0.0998 e. The zero-order valence-corrected chi connectivity index (χ0v) is 23.5. The van der Waals surface area contributed by atoms with E-state index in [1.807, 2.05) is 41.5 Å². The van der Waals surface area contributed by atoms with Crippen LogP contribution in [0.3, 0.4) is 0 Å². The molecule has 0 aliphatic heterocycles. The molecule has 0 aliphatic carbocycles. The van der Waals surface area contributed by atoms with E-state index in [-0.39, 0.29) is 35.2 Å². The highest BCUT2D eigenvalue weighted by atomic mass is 31.2. The molecule has 0 saturated heterocycles. The van der Waals surface area contributed by atoms with Gasteiger partial charge in [-0.25, -0.2) is 0 Å². The normalized spacial score (nSPS) is 12.1. The standard InChI is InChI=1S/C24H36N3O3P3/c1-7-31(28,8-2)16-22-19(13-25)23(17-32(29,9-3)10-4)21(15-27)24(20(22)14-26)18-33(30,11-5)12-6/h7-12,16-18H2,1-6H3. The summed E-state index contributed by atoms with van der Waals surface area (Å²) in [5.41, 5.74) is 1.56. The summed E-state index contributed by atoms with van der Waals surface area (Å²) in [5.74, 6) is 0. The molecule has 0 aromatic heterocycles. The van der Waals surface area contributed by atoms with Crippen molar-refractivity contribution in [2.45, 2.75) is 60.0 Å². The second-order valence-electron chi connectivity index (χ2n) is 8.44. The highest BCUT2D eigenvalue weighted by molar-refractivity contribution is 7.63. The predicted octanol–water partition coefficient (Wildman–Crippen LogP) is 7.01. The molecular formula is C24H36N3O3P3. The van der Waals surface area contributed by atoms with E-state index < -0.39 is 21.4 Å². The predicted molar refractivity (Wildman–Crippen MR) is 138 cm³/mol. The molecule has 0 radical (unpaired) electrons. The molecule has 0 bridgehead atoms. The molecular weight excluding hydrogens is 471 g/mol. The first kappa shape index (κ1) is 29.4. The van der Waals surface area contributed by atoms with Gasteiger partial charge in [-0.1, -0.05) is 41.5 Å². The van der Waals surface area contributed by atoms with Gasteiger partial charge in [-0.2, -0.15) is 15.8 Å². The molecule has 1 aromatic rings. The van der Waals surface area contributed by atoms with Crippen LogP contribution in [0.15, 0.2) is 0 Å². The van der Waals surface area contributed by atoms with E-state index in [0.29, 0.717) is 53.7 Å². The third-order valence-corrected chi connectivity index (χ3v) is 16.5. The van der Waals surface area contributed by atoms with Crippen LogP contribution >= 0.6 is 21.4 Å². The quantitative estimate of drug-likeness (QED) is 0.280. The van der Waals surface area contributed by atoms with Crippen LogP contribution in [-0.4, -0.2) is 37.0 Å². The minimum Gasteiger partial charge on any atom is -0.323 e. The first-order chi connectivity index (χ1) is 15.5.